The number of carbonyl (C=O) groups is 2. The smallest absolute Gasteiger partial charge is 0.314 e. The minimum Gasteiger partial charge on any atom is -0.483 e. The van der Waals surface area contributed by atoms with Crippen LogP contribution < -0.4 is 10.2 Å². The quantitative estimate of drug-likeness (QED) is 0.381. The first-order chi connectivity index (χ1) is 12.8. The molecule has 150 valence electrons. The maximum absolute atomic E-state index is 12.1. The third kappa shape index (κ3) is 7.41. The van der Waals surface area contributed by atoms with Crippen LogP contribution in [0.2, 0.25) is 0 Å². The van der Waals surface area contributed by atoms with Crippen molar-refractivity contribution in [3.8, 4) is 5.75 Å². The molecule has 0 bridgehead atoms. The Labute approximate surface area is 162 Å². The average Bonchev–Trinajstić information content (AvgIpc) is 2.62. The van der Waals surface area contributed by atoms with Gasteiger partial charge >= 0.3 is 5.97 Å². The van der Waals surface area contributed by atoms with Crippen molar-refractivity contribution in [1.29, 1.82) is 0 Å². The van der Waals surface area contributed by atoms with Gasteiger partial charge in [-0.3, -0.25) is 9.59 Å². The SMILES string of the molecule is CCC[C@H](C(=O)OCC)/C(C)=N\NC(=O)COc1cc(C)ccc1C(C)C. The molecule has 27 heavy (non-hydrogen) atoms. The summed E-state index contributed by atoms with van der Waals surface area (Å²) in [5.74, 6) is -0.128. The van der Waals surface area contributed by atoms with Crippen LogP contribution in [-0.4, -0.2) is 30.8 Å². The highest BCUT2D eigenvalue weighted by atomic mass is 16.5. The molecule has 0 saturated heterocycles. The summed E-state index contributed by atoms with van der Waals surface area (Å²) >= 11 is 0. The predicted molar refractivity (Wildman–Crippen MR) is 107 cm³/mol. The van der Waals surface area contributed by atoms with Gasteiger partial charge in [0, 0.05) is 5.71 Å². The minimum absolute atomic E-state index is 0.141. The van der Waals surface area contributed by atoms with Gasteiger partial charge in [-0.05, 0) is 50.3 Å². The van der Waals surface area contributed by atoms with Gasteiger partial charge in [0.15, 0.2) is 6.61 Å². The van der Waals surface area contributed by atoms with E-state index in [1.165, 1.54) is 0 Å². The fourth-order valence-corrected chi connectivity index (χ4v) is 2.68. The molecule has 0 unspecified atom stereocenters. The first kappa shape index (κ1) is 22.7. The Morgan fingerprint density at radius 1 is 1.22 bits per heavy atom. The van der Waals surface area contributed by atoms with Gasteiger partial charge in [0.05, 0.1) is 12.5 Å². The van der Waals surface area contributed by atoms with Gasteiger partial charge in [-0.25, -0.2) is 5.43 Å². The number of aryl methyl sites for hydroxylation is 1. The van der Waals surface area contributed by atoms with E-state index in [1.54, 1.807) is 13.8 Å². The Morgan fingerprint density at radius 3 is 2.52 bits per heavy atom. The molecule has 6 heteroatoms. The number of nitrogens with one attached hydrogen (secondary N) is 1. The van der Waals surface area contributed by atoms with Crippen molar-refractivity contribution in [1.82, 2.24) is 5.43 Å². The fourth-order valence-electron chi connectivity index (χ4n) is 2.68. The third-order valence-electron chi connectivity index (χ3n) is 4.16. The van der Waals surface area contributed by atoms with Crippen molar-refractivity contribution in [2.24, 2.45) is 11.0 Å². The first-order valence-electron chi connectivity index (χ1n) is 9.53. The molecule has 0 spiro atoms. The summed E-state index contributed by atoms with van der Waals surface area (Å²) in [5, 5.41) is 4.07. The Bertz CT molecular complexity index is 668. The second-order valence-corrected chi connectivity index (χ2v) is 6.87. The summed E-state index contributed by atoms with van der Waals surface area (Å²) in [6.45, 7) is 11.8. The predicted octanol–water partition coefficient (Wildman–Crippen LogP) is 3.97. The van der Waals surface area contributed by atoms with Crippen LogP contribution in [0.3, 0.4) is 0 Å². The number of nitrogens with zero attached hydrogens (tertiary/aromatic N) is 1. The average molecular weight is 376 g/mol. The number of ether oxygens (including phenoxy) is 2. The highest BCUT2D eigenvalue weighted by molar-refractivity contribution is 6.01. The van der Waals surface area contributed by atoms with Gasteiger partial charge in [-0.2, -0.15) is 5.10 Å². The lowest BCUT2D eigenvalue weighted by atomic mass is 9.99. The molecular weight excluding hydrogens is 344 g/mol. The van der Waals surface area contributed by atoms with Crippen LogP contribution in [0.15, 0.2) is 23.3 Å². The number of hydrogen-bond acceptors (Lipinski definition) is 5. The van der Waals surface area contributed by atoms with Gasteiger partial charge in [0.25, 0.3) is 5.91 Å². The molecular formula is C21H32N2O4. The molecule has 1 aromatic rings. The van der Waals surface area contributed by atoms with Gasteiger partial charge < -0.3 is 9.47 Å². The van der Waals surface area contributed by atoms with E-state index >= 15 is 0 Å². The first-order valence-corrected chi connectivity index (χ1v) is 9.53. The van der Waals surface area contributed by atoms with E-state index in [0.717, 1.165) is 17.5 Å². The van der Waals surface area contributed by atoms with Crippen LogP contribution in [-0.2, 0) is 14.3 Å². The zero-order valence-electron chi connectivity index (χ0n) is 17.3. The van der Waals surface area contributed by atoms with E-state index in [2.05, 4.69) is 24.4 Å². The molecule has 1 N–H and O–H groups in total. The number of rotatable bonds is 10. The van der Waals surface area contributed by atoms with Crippen molar-refractivity contribution < 1.29 is 19.1 Å². The summed E-state index contributed by atoms with van der Waals surface area (Å²) in [4.78, 5) is 24.1. The van der Waals surface area contributed by atoms with Gasteiger partial charge in [-0.15, -0.1) is 0 Å². The summed E-state index contributed by atoms with van der Waals surface area (Å²) < 4.78 is 10.8. The molecule has 0 fully saturated rings. The maximum atomic E-state index is 12.1. The highest BCUT2D eigenvalue weighted by Gasteiger charge is 2.22. The van der Waals surface area contributed by atoms with Crippen LogP contribution in [0.4, 0.5) is 0 Å². The molecule has 6 nitrogen and oxygen atoms in total. The molecule has 0 saturated carbocycles. The highest BCUT2D eigenvalue weighted by Crippen LogP contribution is 2.27. The topological polar surface area (TPSA) is 77.0 Å². The van der Waals surface area contributed by atoms with Crippen molar-refractivity contribution in [2.45, 2.75) is 60.3 Å². The number of hydrazone groups is 1. The van der Waals surface area contributed by atoms with E-state index in [-0.39, 0.29) is 18.5 Å². The van der Waals surface area contributed by atoms with E-state index in [9.17, 15) is 9.59 Å². The number of amides is 1. The molecule has 0 aliphatic heterocycles. The van der Waals surface area contributed by atoms with Crippen LogP contribution in [0, 0.1) is 12.8 Å². The zero-order chi connectivity index (χ0) is 20.4. The lowest BCUT2D eigenvalue weighted by Crippen LogP contribution is -2.30. The zero-order valence-corrected chi connectivity index (χ0v) is 17.3. The molecule has 0 heterocycles. The molecule has 0 aliphatic carbocycles. The van der Waals surface area contributed by atoms with E-state index < -0.39 is 5.92 Å². The lowest BCUT2D eigenvalue weighted by molar-refractivity contribution is -0.145. The monoisotopic (exact) mass is 376 g/mol. The third-order valence-corrected chi connectivity index (χ3v) is 4.16. The van der Waals surface area contributed by atoms with Crippen molar-refractivity contribution in [3.63, 3.8) is 0 Å². The lowest BCUT2D eigenvalue weighted by Gasteiger charge is -2.15. The Hall–Kier alpha value is -2.37. The van der Waals surface area contributed by atoms with Gasteiger partial charge in [0.2, 0.25) is 0 Å². The minimum atomic E-state index is -0.444. The van der Waals surface area contributed by atoms with Crippen LogP contribution >= 0.6 is 0 Å². The second kappa shape index (κ2) is 11.4. The Morgan fingerprint density at radius 2 is 1.93 bits per heavy atom. The van der Waals surface area contributed by atoms with Crippen molar-refractivity contribution in [3.05, 3.63) is 29.3 Å². The Balaban J connectivity index is 2.70. The normalized spacial score (nSPS) is 12.6. The van der Waals surface area contributed by atoms with Crippen LogP contribution in [0.25, 0.3) is 0 Å². The van der Waals surface area contributed by atoms with Gasteiger partial charge in [0.1, 0.15) is 5.75 Å². The standard InChI is InChI=1S/C21H32N2O4/c1-7-9-18(21(25)26-8-2)16(6)22-23-20(24)13-27-19-12-15(5)10-11-17(19)14(3)4/h10-12,14,18H,7-9,13H2,1-6H3,(H,23,24)/b22-16-/t18-/m0/s1. The van der Waals surface area contributed by atoms with E-state index in [0.29, 0.717) is 30.4 Å². The second-order valence-electron chi connectivity index (χ2n) is 6.87. The molecule has 1 aromatic carbocycles. The number of hydrogen-bond donors (Lipinski definition) is 1. The summed E-state index contributed by atoms with van der Waals surface area (Å²) in [6.07, 6.45) is 1.44. The van der Waals surface area contributed by atoms with Crippen LogP contribution in [0.5, 0.6) is 5.75 Å². The number of carbonyl (C=O) groups excluding carboxylic acids is 2. The van der Waals surface area contributed by atoms with Gasteiger partial charge in [-0.1, -0.05) is 39.3 Å². The fraction of sp³-hybridized carbons (Fsp3) is 0.571. The van der Waals surface area contributed by atoms with Crippen molar-refractivity contribution >= 4 is 17.6 Å². The Kier molecular flexibility index (Phi) is 9.54. The molecule has 0 radical (unpaired) electrons. The number of benzene rings is 1. The van der Waals surface area contributed by atoms with Crippen molar-refractivity contribution in [2.75, 3.05) is 13.2 Å². The summed E-state index contributed by atoms with van der Waals surface area (Å²) in [5.41, 5.74) is 5.12. The van der Waals surface area contributed by atoms with E-state index in [4.69, 9.17) is 9.47 Å². The molecule has 0 aromatic heterocycles. The largest absolute Gasteiger partial charge is 0.483 e. The van der Waals surface area contributed by atoms with Crippen LogP contribution in [0.1, 0.15) is 64.5 Å². The summed E-state index contributed by atoms with van der Waals surface area (Å²) in [7, 11) is 0. The molecule has 1 amide bonds. The molecule has 1 atom stereocenters. The van der Waals surface area contributed by atoms with E-state index in [1.807, 2.05) is 32.0 Å². The maximum Gasteiger partial charge on any atom is 0.314 e. The number of esters is 1. The molecule has 1 rings (SSSR count). The molecule has 0 aliphatic rings. The summed E-state index contributed by atoms with van der Waals surface area (Å²) in [6, 6.07) is 5.97.